The van der Waals surface area contributed by atoms with Gasteiger partial charge in [-0.3, -0.25) is 4.68 Å². The first-order valence-electron chi connectivity index (χ1n) is 13.8. The van der Waals surface area contributed by atoms with Crippen LogP contribution in [-0.4, -0.2) is 40.9 Å². The summed E-state index contributed by atoms with van der Waals surface area (Å²) in [5, 5.41) is 5.80. The molecule has 5 rings (SSSR count). The van der Waals surface area contributed by atoms with Crippen LogP contribution in [0.4, 0.5) is 0 Å². The largest absolute Gasteiger partial charge is 0.488 e. The van der Waals surface area contributed by atoms with Crippen molar-refractivity contribution in [3.05, 3.63) is 102 Å². The van der Waals surface area contributed by atoms with Gasteiger partial charge >= 0.3 is 0 Å². The van der Waals surface area contributed by atoms with Crippen molar-refractivity contribution in [1.82, 2.24) is 14.8 Å². The number of benzene rings is 3. The Balaban J connectivity index is 1.42. The van der Waals surface area contributed by atoms with Gasteiger partial charge in [0.15, 0.2) is 6.29 Å². The number of hydrogen-bond donors (Lipinski definition) is 0. The fourth-order valence-electron chi connectivity index (χ4n) is 4.46. The molecule has 0 bridgehead atoms. The fraction of sp³-hybridized carbons (Fsp3) is 0.273. The van der Waals surface area contributed by atoms with Crippen LogP contribution >= 0.6 is 0 Å². The zero-order valence-electron chi connectivity index (χ0n) is 23.7. The van der Waals surface area contributed by atoms with Gasteiger partial charge in [-0.25, -0.2) is 0 Å². The third-order valence-electron chi connectivity index (χ3n) is 6.45. The Bertz CT molecular complexity index is 1530. The summed E-state index contributed by atoms with van der Waals surface area (Å²) in [6, 6.07) is 29.7. The molecule has 0 aliphatic rings. The Labute approximate surface area is 240 Å². The first-order chi connectivity index (χ1) is 20.1. The number of aryl methyl sites for hydroxylation is 1. The number of nitrogens with zero attached hydrogens (tertiary/aromatic N) is 3. The number of hydrogen-bond acceptors (Lipinski definition) is 7. The molecule has 212 valence electrons. The Morgan fingerprint density at radius 2 is 1.39 bits per heavy atom. The summed E-state index contributed by atoms with van der Waals surface area (Å²) >= 11 is 0. The van der Waals surface area contributed by atoms with Gasteiger partial charge in [0.1, 0.15) is 31.3 Å². The Hall–Kier alpha value is -4.40. The SMILES string of the molecule is CCOC(COc1ccc2c(-c3ccc(OCc4ccccc4)nc3OCc3ccccc3)nn(C)c2c1)OCC. The van der Waals surface area contributed by atoms with Crippen molar-refractivity contribution in [3.63, 3.8) is 0 Å². The molecule has 0 radical (unpaired) electrons. The van der Waals surface area contributed by atoms with Crippen LogP contribution in [-0.2, 0) is 29.7 Å². The molecule has 8 heteroatoms. The molecule has 2 heterocycles. The van der Waals surface area contributed by atoms with E-state index in [9.17, 15) is 0 Å². The molecule has 8 nitrogen and oxygen atoms in total. The summed E-state index contributed by atoms with van der Waals surface area (Å²) in [4.78, 5) is 4.75. The van der Waals surface area contributed by atoms with Crippen LogP contribution in [0.2, 0.25) is 0 Å². The lowest BCUT2D eigenvalue weighted by Crippen LogP contribution is -2.25. The van der Waals surface area contributed by atoms with E-state index in [0.717, 1.165) is 33.3 Å². The molecular formula is C33H35N3O5. The standard InChI is InChI=1S/C33H35N3O5/c1-4-37-31(38-5-2)23-39-26-16-17-27-29(20-26)36(3)35-32(27)28-18-19-30(40-21-24-12-8-6-9-13-24)34-33(28)41-22-25-14-10-7-11-15-25/h6-20,31H,4-5,21-23H2,1-3H3. The van der Waals surface area contributed by atoms with Gasteiger partial charge in [0.05, 0.1) is 11.1 Å². The van der Waals surface area contributed by atoms with E-state index >= 15 is 0 Å². The van der Waals surface area contributed by atoms with Gasteiger partial charge in [-0.15, -0.1) is 0 Å². The lowest BCUT2D eigenvalue weighted by Gasteiger charge is -2.17. The third kappa shape index (κ3) is 7.22. The smallest absolute Gasteiger partial charge is 0.226 e. The number of ether oxygens (including phenoxy) is 5. The van der Waals surface area contributed by atoms with Crippen LogP contribution in [0, 0.1) is 0 Å². The Morgan fingerprint density at radius 1 is 0.732 bits per heavy atom. The van der Waals surface area contributed by atoms with E-state index < -0.39 is 6.29 Å². The second-order valence-electron chi connectivity index (χ2n) is 9.35. The number of rotatable bonds is 14. The molecule has 2 aromatic heterocycles. The van der Waals surface area contributed by atoms with E-state index in [2.05, 4.69) is 0 Å². The second-order valence-corrected chi connectivity index (χ2v) is 9.35. The number of pyridine rings is 1. The number of aromatic nitrogens is 3. The quantitative estimate of drug-likeness (QED) is 0.144. The zero-order valence-corrected chi connectivity index (χ0v) is 23.7. The van der Waals surface area contributed by atoms with Gasteiger partial charge in [-0.1, -0.05) is 60.7 Å². The minimum atomic E-state index is -0.416. The van der Waals surface area contributed by atoms with E-state index in [-0.39, 0.29) is 0 Å². The van der Waals surface area contributed by atoms with E-state index in [0.29, 0.717) is 50.5 Å². The van der Waals surface area contributed by atoms with Crippen LogP contribution < -0.4 is 14.2 Å². The highest BCUT2D eigenvalue weighted by Crippen LogP contribution is 2.36. The lowest BCUT2D eigenvalue weighted by molar-refractivity contribution is -0.152. The average Bonchev–Trinajstić information content (AvgIpc) is 3.34. The van der Waals surface area contributed by atoms with Gasteiger partial charge in [-0.05, 0) is 43.2 Å². The number of fused-ring (bicyclic) bond motifs is 1. The van der Waals surface area contributed by atoms with Crippen molar-refractivity contribution < 1.29 is 23.7 Å². The molecule has 0 saturated carbocycles. The molecule has 41 heavy (non-hydrogen) atoms. The molecule has 5 aromatic rings. The van der Waals surface area contributed by atoms with Crippen molar-refractivity contribution in [2.75, 3.05) is 19.8 Å². The van der Waals surface area contributed by atoms with Gasteiger partial charge in [0.25, 0.3) is 0 Å². The molecular weight excluding hydrogens is 518 g/mol. The highest BCUT2D eigenvalue weighted by atomic mass is 16.7. The van der Waals surface area contributed by atoms with Crippen molar-refractivity contribution in [3.8, 4) is 28.8 Å². The van der Waals surface area contributed by atoms with Gasteiger partial charge in [0.2, 0.25) is 11.8 Å². The summed E-state index contributed by atoms with van der Waals surface area (Å²) in [6.45, 7) is 6.05. The molecule has 0 spiro atoms. The van der Waals surface area contributed by atoms with E-state index in [1.807, 2.05) is 117 Å². The molecule has 0 fully saturated rings. The van der Waals surface area contributed by atoms with Gasteiger partial charge in [0, 0.05) is 37.8 Å². The Kier molecular flexibility index (Phi) is 9.46. The molecule has 3 aromatic carbocycles. The minimum Gasteiger partial charge on any atom is -0.488 e. The normalized spacial score (nSPS) is 11.2. The topological polar surface area (TPSA) is 76.9 Å². The summed E-state index contributed by atoms with van der Waals surface area (Å²) in [6.07, 6.45) is -0.416. The van der Waals surface area contributed by atoms with Crippen molar-refractivity contribution >= 4 is 10.9 Å². The van der Waals surface area contributed by atoms with Crippen molar-refractivity contribution in [1.29, 1.82) is 0 Å². The maximum absolute atomic E-state index is 6.27. The summed E-state index contributed by atoms with van der Waals surface area (Å²) < 4.78 is 31.3. The van der Waals surface area contributed by atoms with Gasteiger partial charge < -0.3 is 23.7 Å². The highest BCUT2D eigenvalue weighted by Gasteiger charge is 2.19. The fourth-order valence-corrected chi connectivity index (χ4v) is 4.46. The monoisotopic (exact) mass is 553 g/mol. The summed E-state index contributed by atoms with van der Waals surface area (Å²) in [5.41, 5.74) is 4.56. The van der Waals surface area contributed by atoms with E-state index in [1.54, 1.807) is 0 Å². The highest BCUT2D eigenvalue weighted by molar-refractivity contribution is 5.95. The molecule has 0 atom stereocenters. The molecule has 0 aliphatic carbocycles. The predicted molar refractivity (Wildman–Crippen MR) is 158 cm³/mol. The third-order valence-corrected chi connectivity index (χ3v) is 6.45. The van der Waals surface area contributed by atoms with Crippen LogP contribution in [0.25, 0.3) is 22.2 Å². The van der Waals surface area contributed by atoms with Crippen LogP contribution in [0.5, 0.6) is 17.5 Å². The van der Waals surface area contributed by atoms with Gasteiger partial charge in [-0.2, -0.15) is 10.1 Å². The molecule has 0 saturated heterocycles. The van der Waals surface area contributed by atoms with Crippen LogP contribution in [0.3, 0.4) is 0 Å². The molecule has 0 amide bonds. The molecule has 0 aliphatic heterocycles. The van der Waals surface area contributed by atoms with Crippen LogP contribution in [0.1, 0.15) is 25.0 Å². The maximum Gasteiger partial charge on any atom is 0.226 e. The van der Waals surface area contributed by atoms with Crippen LogP contribution in [0.15, 0.2) is 91.0 Å². The minimum absolute atomic E-state index is 0.295. The summed E-state index contributed by atoms with van der Waals surface area (Å²) in [5.74, 6) is 1.64. The maximum atomic E-state index is 6.27. The lowest BCUT2D eigenvalue weighted by atomic mass is 10.1. The molecule has 0 unspecified atom stereocenters. The second kappa shape index (κ2) is 13.8. The van der Waals surface area contributed by atoms with E-state index in [4.69, 9.17) is 33.8 Å². The first kappa shape index (κ1) is 28.1. The van der Waals surface area contributed by atoms with Crippen molar-refractivity contribution in [2.45, 2.75) is 33.4 Å². The Morgan fingerprint density at radius 3 is 2.05 bits per heavy atom. The first-order valence-corrected chi connectivity index (χ1v) is 13.8. The average molecular weight is 554 g/mol. The molecule has 0 N–H and O–H groups in total. The van der Waals surface area contributed by atoms with E-state index in [1.165, 1.54) is 0 Å². The predicted octanol–water partition coefficient (Wildman–Crippen LogP) is 6.57. The van der Waals surface area contributed by atoms with Crippen molar-refractivity contribution in [2.24, 2.45) is 7.05 Å². The zero-order chi connectivity index (χ0) is 28.4. The summed E-state index contributed by atoms with van der Waals surface area (Å²) in [7, 11) is 1.91.